The standard InChI is InChI=1S/C13H13IN2O3/c1-8(7-12(17)18)6-11-15-16-13(19-11)9-4-2-3-5-10(9)14/h2-5,8H,6-7H2,1H3,(H,17,18). The first kappa shape index (κ1) is 14.0. The molecule has 1 unspecified atom stereocenters. The first-order chi connectivity index (χ1) is 9.06. The van der Waals surface area contributed by atoms with Crippen molar-refractivity contribution in [3.8, 4) is 11.5 Å². The van der Waals surface area contributed by atoms with Crippen LogP contribution in [0.25, 0.3) is 11.5 Å². The van der Waals surface area contributed by atoms with Crippen molar-refractivity contribution in [3.63, 3.8) is 0 Å². The molecule has 0 saturated carbocycles. The van der Waals surface area contributed by atoms with E-state index >= 15 is 0 Å². The summed E-state index contributed by atoms with van der Waals surface area (Å²) in [4.78, 5) is 10.6. The number of carboxylic acid groups (broad SMARTS) is 1. The van der Waals surface area contributed by atoms with Gasteiger partial charge >= 0.3 is 5.97 Å². The Labute approximate surface area is 124 Å². The van der Waals surface area contributed by atoms with Crippen LogP contribution in [-0.4, -0.2) is 21.3 Å². The molecule has 1 aromatic carbocycles. The van der Waals surface area contributed by atoms with Gasteiger partial charge in [-0.25, -0.2) is 0 Å². The summed E-state index contributed by atoms with van der Waals surface area (Å²) in [5, 5.41) is 16.7. The lowest BCUT2D eigenvalue weighted by molar-refractivity contribution is -0.137. The van der Waals surface area contributed by atoms with Crippen molar-refractivity contribution >= 4 is 28.6 Å². The maximum Gasteiger partial charge on any atom is 0.303 e. The molecule has 0 bridgehead atoms. The molecule has 0 fully saturated rings. The van der Waals surface area contributed by atoms with E-state index in [1.165, 1.54) is 0 Å². The highest BCUT2D eigenvalue weighted by atomic mass is 127. The van der Waals surface area contributed by atoms with Crippen molar-refractivity contribution in [1.29, 1.82) is 0 Å². The highest BCUT2D eigenvalue weighted by Gasteiger charge is 2.15. The van der Waals surface area contributed by atoms with Gasteiger partial charge in [0.05, 0.1) is 5.56 Å². The van der Waals surface area contributed by atoms with Gasteiger partial charge in [-0.1, -0.05) is 19.1 Å². The molecule has 100 valence electrons. The molecule has 6 heteroatoms. The lowest BCUT2D eigenvalue weighted by atomic mass is 10.0. The van der Waals surface area contributed by atoms with Gasteiger partial charge in [0.1, 0.15) is 0 Å². The van der Waals surface area contributed by atoms with Crippen LogP contribution in [0.5, 0.6) is 0 Å². The minimum absolute atomic E-state index is 0.0272. The number of aliphatic carboxylic acids is 1. The van der Waals surface area contributed by atoms with E-state index in [-0.39, 0.29) is 12.3 Å². The Bertz CT molecular complexity index is 583. The third-order valence-corrected chi connectivity index (χ3v) is 3.56. The number of hydrogen-bond donors (Lipinski definition) is 1. The number of carboxylic acids is 1. The summed E-state index contributed by atoms with van der Waals surface area (Å²) >= 11 is 2.21. The van der Waals surface area contributed by atoms with Gasteiger partial charge < -0.3 is 9.52 Å². The van der Waals surface area contributed by atoms with Gasteiger partial charge in [0.2, 0.25) is 11.8 Å². The van der Waals surface area contributed by atoms with Crippen LogP contribution in [0, 0.1) is 9.49 Å². The van der Waals surface area contributed by atoms with Gasteiger partial charge in [0.25, 0.3) is 0 Å². The molecule has 1 heterocycles. The van der Waals surface area contributed by atoms with Crippen LogP contribution in [0.2, 0.25) is 0 Å². The van der Waals surface area contributed by atoms with Crippen LogP contribution in [0.1, 0.15) is 19.2 Å². The van der Waals surface area contributed by atoms with Crippen molar-refractivity contribution < 1.29 is 14.3 Å². The number of halogens is 1. The Morgan fingerprint density at radius 2 is 2.16 bits per heavy atom. The van der Waals surface area contributed by atoms with E-state index in [2.05, 4.69) is 32.8 Å². The number of nitrogens with zero attached hydrogens (tertiary/aromatic N) is 2. The van der Waals surface area contributed by atoms with Crippen LogP contribution in [-0.2, 0) is 11.2 Å². The van der Waals surface area contributed by atoms with Gasteiger partial charge in [-0.05, 0) is 40.6 Å². The zero-order valence-corrected chi connectivity index (χ0v) is 12.5. The van der Waals surface area contributed by atoms with Gasteiger partial charge in [0.15, 0.2) is 0 Å². The maximum atomic E-state index is 10.6. The van der Waals surface area contributed by atoms with E-state index < -0.39 is 5.97 Å². The van der Waals surface area contributed by atoms with Crippen LogP contribution in [0.15, 0.2) is 28.7 Å². The molecule has 2 aromatic rings. The van der Waals surface area contributed by atoms with Crippen LogP contribution in [0.3, 0.4) is 0 Å². The summed E-state index contributed by atoms with van der Waals surface area (Å²) < 4.78 is 6.62. The topological polar surface area (TPSA) is 76.2 Å². The Hall–Kier alpha value is -1.44. The SMILES string of the molecule is CC(CC(=O)O)Cc1nnc(-c2ccccc2I)o1. The fraction of sp³-hybridized carbons (Fsp3) is 0.308. The number of rotatable bonds is 5. The van der Waals surface area contributed by atoms with Crippen LogP contribution >= 0.6 is 22.6 Å². The monoisotopic (exact) mass is 372 g/mol. The van der Waals surface area contributed by atoms with E-state index in [4.69, 9.17) is 9.52 Å². The Balaban J connectivity index is 2.11. The molecule has 1 atom stereocenters. The normalized spacial score (nSPS) is 12.3. The number of benzene rings is 1. The van der Waals surface area contributed by atoms with Gasteiger partial charge in [0, 0.05) is 16.4 Å². The van der Waals surface area contributed by atoms with E-state index in [0.717, 1.165) is 9.13 Å². The zero-order valence-electron chi connectivity index (χ0n) is 10.3. The summed E-state index contributed by atoms with van der Waals surface area (Å²) in [6, 6.07) is 7.73. The van der Waals surface area contributed by atoms with E-state index in [1.807, 2.05) is 31.2 Å². The fourth-order valence-electron chi connectivity index (χ4n) is 1.75. The van der Waals surface area contributed by atoms with Crippen molar-refractivity contribution in [1.82, 2.24) is 10.2 Å². The quantitative estimate of drug-likeness (QED) is 0.817. The molecule has 0 amide bonds. The molecule has 0 saturated heterocycles. The predicted molar refractivity (Wildman–Crippen MR) is 77.6 cm³/mol. The molecule has 0 aliphatic rings. The highest BCUT2D eigenvalue weighted by Crippen LogP contribution is 2.24. The smallest absolute Gasteiger partial charge is 0.303 e. The zero-order chi connectivity index (χ0) is 13.8. The van der Waals surface area contributed by atoms with Crippen LogP contribution < -0.4 is 0 Å². The molecule has 0 aliphatic heterocycles. The van der Waals surface area contributed by atoms with E-state index in [0.29, 0.717) is 18.2 Å². The molecule has 1 N–H and O–H groups in total. The Morgan fingerprint density at radius 1 is 1.42 bits per heavy atom. The van der Waals surface area contributed by atoms with Crippen molar-refractivity contribution in [3.05, 3.63) is 33.7 Å². The van der Waals surface area contributed by atoms with Crippen molar-refractivity contribution in [2.45, 2.75) is 19.8 Å². The second-order valence-corrected chi connectivity index (χ2v) is 5.55. The number of carbonyl (C=O) groups is 1. The molecule has 2 rings (SSSR count). The maximum absolute atomic E-state index is 10.6. The molecular weight excluding hydrogens is 359 g/mol. The first-order valence-electron chi connectivity index (χ1n) is 5.85. The molecular formula is C13H13IN2O3. The third-order valence-electron chi connectivity index (χ3n) is 2.62. The van der Waals surface area contributed by atoms with Gasteiger partial charge in [-0.15, -0.1) is 10.2 Å². The van der Waals surface area contributed by atoms with E-state index in [1.54, 1.807) is 0 Å². The van der Waals surface area contributed by atoms with Crippen molar-refractivity contribution in [2.75, 3.05) is 0 Å². The average Bonchev–Trinajstić information content (AvgIpc) is 2.76. The number of aromatic nitrogens is 2. The molecule has 5 nitrogen and oxygen atoms in total. The minimum atomic E-state index is -0.815. The summed E-state index contributed by atoms with van der Waals surface area (Å²) in [5.74, 6) is 0.108. The predicted octanol–water partition coefficient (Wildman–Crippen LogP) is 2.99. The summed E-state index contributed by atoms with van der Waals surface area (Å²) in [7, 11) is 0. The fourth-order valence-corrected chi connectivity index (χ4v) is 2.37. The Morgan fingerprint density at radius 3 is 2.84 bits per heavy atom. The average molecular weight is 372 g/mol. The van der Waals surface area contributed by atoms with Gasteiger partial charge in [-0.3, -0.25) is 4.79 Å². The second-order valence-electron chi connectivity index (χ2n) is 4.39. The first-order valence-corrected chi connectivity index (χ1v) is 6.93. The summed E-state index contributed by atoms with van der Waals surface area (Å²) in [6.45, 7) is 1.85. The van der Waals surface area contributed by atoms with Gasteiger partial charge in [-0.2, -0.15) is 0 Å². The minimum Gasteiger partial charge on any atom is -0.481 e. The largest absolute Gasteiger partial charge is 0.481 e. The lowest BCUT2D eigenvalue weighted by Crippen LogP contribution is -2.07. The summed E-state index contributed by atoms with van der Waals surface area (Å²) in [6.07, 6.45) is 0.573. The molecule has 0 spiro atoms. The highest BCUT2D eigenvalue weighted by molar-refractivity contribution is 14.1. The lowest BCUT2D eigenvalue weighted by Gasteiger charge is -2.03. The molecule has 0 radical (unpaired) electrons. The Kier molecular flexibility index (Phi) is 4.52. The third kappa shape index (κ3) is 3.76. The van der Waals surface area contributed by atoms with Crippen LogP contribution in [0.4, 0.5) is 0 Å². The number of hydrogen-bond acceptors (Lipinski definition) is 4. The molecule has 19 heavy (non-hydrogen) atoms. The second kappa shape index (κ2) is 6.14. The molecule has 1 aromatic heterocycles. The molecule has 0 aliphatic carbocycles. The van der Waals surface area contributed by atoms with E-state index in [9.17, 15) is 4.79 Å². The van der Waals surface area contributed by atoms with Crippen molar-refractivity contribution in [2.24, 2.45) is 5.92 Å². The summed E-state index contributed by atoms with van der Waals surface area (Å²) in [5.41, 5.74) is 0.896.